The van der Waals surface area contributed by atoms with Crippen LogP contribution < -0.4 is 10.6 Å². The summed E-state index contributed by atoms with van der Waals surface area (Å²) < 4.78 is 18.8. The van der Waals surface area contributed by atoms with Crippen molar-refractivity contribution in [2.75, 3.05) is 19.6 Å². The zero-order valence-corrected chi connectivity index (χ0v) is 27.8. The van der Waals surface area contributed by atoms with Crippen LogP contribution in [0.1, 0.15) is 107 Å². The average molecular weight is 638 g/mol. The molecule has 0 saturated carbocycles. The maximum Gasteiger partial charge on any atom is 0.323 e. The van der Waals surface area contributed by atoms with Crippen molar-refractivity contribution in [2.24, 2.45) is 0 Å². The van der Waals surface area contributed by atoms with Gasteiger partial charge in [0.15, 0.2) is 6.29 Å². The third-order valence-corrected chi connectivity index (χ3v) is 8.29. The number of likely N-dealkylation sites (tertiary alicyclic amines) is 1. The zero-order valence-electron chi connectivity index (χ0n) is 27.8. The Labute approximate surface area is 273 Å². The Morgan fingerprint density at radius 1 is 0.935 bits per heavy atom. The summed E-state index contributed by atoms with van der Waals surface area (Å²) in [6.07, 6.45) is 4.29. The van der Waals surface area contributed by atoms with Crippen molar-refractivity contribution in [1.82, 2.24) is 15.5 Å². The Kier molecular flexibility index (Phi) is 13.1. The maximum absolute atomic E-state index is 13.0. The Morgan fingerprint density at radius 3 is 2.30 bits per heavy atom. The molecule has 2 saturated heterocycles. The molecular weight excluding hydrogens is 586 g/mol. The largest absolute Gasteiger partial charge is 0.459 e. The topological polar surface area (TPSA) is 126 Å². The monoisotopic (exact) mass is 637 g/mol. The number of carbonyl (C=O) groups is 3. The quantitative estimate of drug-likeness (QED) is 0.199. The molecule has 2 amide bonds. The summed E-state index contributed by atoms with van der Waals surface area (Å²) >= 11 is 0. The maximum atomic E-state index is 13.0. The number of amides is 2. The summed E-state index contributed by atoms with van der Waals surface area (Å²) in [6.45, 7) is 9.62. The number of aliphatic hydroxyl groups is 1. The molecule has 4 atom stereocenters. The fourth-order valence-corrected chi connectivity index (χ4v) is 5.91. The highest BCUT2D eigenvalue weighted by Gasteiger charge is 2.38. The normalized spacial score (nSPS) is 21.9. The Hall–Kier alpha value is -3.31. The standard InChI is InChI=1S/C36H51N3O7/c1-25(41)37-19-7-5-6-10-33(42)38-22-26-11-17-29(18-12-26)35-44-30(21-32(45-35)28-15-13-27(24-40)14-16-28)23-39-20-8-9-31(39)34(43)46-36(2,3)4/h11-18,30-32,35,40H,5-10,19-24H2,1-4H3,(H,37,41)(H,38,42)/t30-,31-,32+,35+/m0/s1. The molecule has 0 aliphatic carbocycles. The highest BCUT2D eigenvalue weighted by Crippen LogP contribution is 2.39. The second-order valence-corrected chi connectivity index (χ2v) is 13.3. The van der Waals surface area contributed by atoms with Crippen LogP contribution in [0.25, 0.3) is 0 Å². The summed E-state index contributed by atoms with van der Waals surface area (Å²) in [4.78, 5) is 38.4. The van der Waals surface area contributed by atoms with E-state index in [9.17, 15) is 19.5 Å². The molecule has 2 aromatic carbocycles. The number of hydrogen-bond acceptors (Lipinski definition) is 8. The van der Waals surface area contributed by atoms with Gasteiger partial charge in [-0.05, 0) is 69.7 Å². The zero-order chi connectivity index (χ0) is 33.1. The number of ether oxygens (including phenoxy) is 3. The fourth-order valence-electron chi connectivity index (χ4n) is 5.91. The van der Waals surface area contributed by atoms with Crippen molar-refractivity contribution in [3.63, 3.8) is 0 Å². The molecule has 10 heteroatoms. The van der Waals surface area contributed by atoms with Crippen LogP contribution in [0, 0.1) is 0 Å². The van der Waals surface area contributed by atoms with Gasteiger partial charge in [-0.1, -0.05) is 55.0 Å². The molecule has 2 fully saturated rings. The van der Waals surface area contributed by atoms with Gasteiger partial charge in [0.25, 0.3) is 0 Å². The average Bonchev–Trinajstić information content (AvgIpc) is 3.49. The predicted octanol–water partition coefficient (Wildman–Crippen LogP) is 4.84. The van der Waals surface area contributed by atoms with Crippen molar-refractivity contribution >= 4 is 17.8 Å². The van der Waals surface area contributed by atoms with Crippen molar-refractivity contribution < 1.29 is 33.7 Å². The van der Waals surface area contributed by atoms with Crippen LogP contribution in [0.4, 0.5) is 0 Å². The summed E-state index contributed by atoms with van der Waals surface area (Å²) in [5, 5.41) is 15.3. The lowest BCUT2D eigenvalue weighted by Crippen LogP contribution is -2.45. The number of rotatable bonds is 14. The number of nitrogens with one attached hydrogen (secondary N) is 2. The van der Waals surface area contributed by atoms with E-state index in [1.54, 1.807) is 0 Å². The molecule has 2 aliphatic rings. The van der Waals surface area contributed by atoms with Gasteiger partial charge in [0.2, 0.25) is 11.8 Å². The third-order valence-electron chi connectivity index (χ3n) is 8.29. The summed E-state index contributed by atoms with van der Waals surface area (Å²) in [5.74, 6) is -0.212. The molecule has 0 spiro atoms. The third kappa shape index (κ3) is 11.2. The van der Waals surface area contributed by atoms with E-state index in [1.807, 2.05) is 69.3 Å². The van der Waals surface area contributed by atoms with Gasteiger partial charge in [-0.25, -0.2) is 0 Å². The summed E-state index contributed by atoms with van der Waals surface area (Å²) in [7, 11) is 0. The minimum atomic E-state index is -0.606. The summed E-state index contributed by atoms with van der Waals surface area (Å²) in [5.41, 5.74) is 3.16. The Balaban J connectivity index is 1.37. The fraction of sp³-hybridized carbons (Fsp3) is 0.583. The van der Waals surface area contributed by atoms with E-state index in [-0.39, 0.29) is 42.6 Å². The van der Waals surface area contributed by atoms with E-state index >= 15 is 0 Å². The molecular formula is C36H51N3O7. The van der Waals surface area contributed by atoms with Gasteiger partial charge < -0.3 is 30.0 Å². The van der Waals surface area contributed by atoms with Gasteiger partial charge in [-0.2, -0.15) is 0 Å². The van der Waals surface area contributed by atoms with Gasteiger partial charge in [0, 0.05) is 45.0 Å². The highest BCUT2D eigenvalue weighted by atomic mass is 16.7. The van der Waals surface area contributed by atoms with Crippen molar-refractivity contribution in [1.29, 1.82) is 0 Å². The van der Waals surface area contributed by atoms with Crippen LogP contribution in [0.3, 0.4) is 0 Å². The lowest BCUT2D eigenvalue weighted by molar-refractivity contribution is -0.253. The van der Waals surface area contributed by atoms with Gasteiger partial charge >= 0.3 is 5.97 Å². The number of aliphatic hydroxyl groups excluding tert-OH is 1. The lowest BCUT2D eigenvalue weighted by Gasteiger charge is -2.38. The van der Waals surface area contributed by atoms with Crippen molar-refractivity contribution in [3.05, 3.63) is 70.8 Å². The molecule has 46 heavy (non-hydrogen) atoms. The smallest absolute Gasteiger partial charge is 0.323 e. The number of unbranched alkanes of at least 4 members (excludes halogenated alkanes) is 2. The first-order valence-corrected chi connectivity index (χ1v) is 16.6. The van der Waals surface area contributed by atoms with E-state index in [1.165, 1.54) is 6.92 Å². The second-order valence-electron chi connectivity index (χ2n) is 13.3. The molecule has 4 rings (SSSR count). The van der Waals surface area contributed by atoms with Crippen LogP contribution in [0.5, 0.6) is 0 Å². The minimum Gasteiger partial charge on any atom is -0.459 e. The van der Waals surface area contributed by atoms with Gasteiger partial charge in [-0.3, -0.25) is 19.3 Å². The molecule has 0 bridgehead atoms. The number of nitrogens with zero attached hydrogens (tertiary/aromatic N) is 1. The summed E-state index contributed by atoms with van der Waals surface area (Å²) in [6, 6.07) is 15.4. The van der Waals surface area contributed by atoms with Gasteiger partial charge in [-0.15, -0.1) is 0 Å². The molecule has 10 nitrogen and oxygen atoms in total. The number of hydrogen-bond donors (Lipinski definition) is 3. The number of esters is 1. The van der Waals surface area contributed by atoms with E-state index in [0.29, 0.717) is 32.5 Å². The molecule has 252 valence electrons. The van der Waals surface area contributed by atoms with Gasteiger partial charge in [0.05, 0.1) is 18.8 Å². The molecule has 2 aromatic rings. The van der Waals surface area contributed by atoms with Crippen LogP contribution in [0.15, 0.2) is 48.5 Å². The first kappa shape index (κ1) is 35.5. The lowest BCUT2D eigenvalue weighted by atomic mass is 9.99. The molecule has 0 unspecified atom stereocenters. The van der Waals surface area contributed by atoms with Crippen molar-refractivity contribution in [2.45, 2.75) is 116 Å². The highest BCUT2D eigenvalue weighted by molar-refractivity contribution is 5.76. The number of carbonyl (C=O) groups excluding carboxylic acids is 3. The minimum absolute atomic E-state index is 0.00653. The predicted molar refractivity (Wildman–Crippen MR) is 174 cm³/mol. The van der Waals surface area contributed by atoms with Crippen LogP contribution in [-0.4, -0.2) is 65.2 Å². The molecule has 2 heterocycles. The first-order chi connectivity index (χ1) is 22.0. The van der Waals surface area contributed by atoms with Crippen LogP contribution in [0.2, 0.25) is 0 Å². The Morgan fingerprint density at radius 2 is 1.63 bits per heavy atom. The first-order valence-electron chi connectivity index (χ1n) is 16.6. The molecule has 0 aromatic heterocycles. The molecule has 2 aliphatic heterocycles. The van der Waals surface area contributed by atoms with E-state index in [0.717, 1.165) is 60.9 Å². The van der Waals surface area contributed by atoms with Gasteiger partial charge in [0.1, 0.15) is 11.6 Å². The molecule has 0 radical (unpaired) electrons. The van der Waals surface area contributed by atoms with Crippen LogP contribution >= 0.6 is 0 Å². The van der Waals surface area contributed by atoms with Crippen molar-refractivity contribution in [3.8, 4) is 0 Å². The SMILES string of the molecule is CC(=O)NCCCCCC(=O)NCc1ccc([C@@H]2O[C@H](CN3CCC[C@H]3C(=O)OC(C)(C)C)C[C@H](c3ccc(CO)cc3)O2)cc1. The Bertz CT molecular complexity index is 1280. The van der Waals surface area contributed by atoms with E-state index in [4.69, 9.17) is 14.2 Å². The van der Waals surface area contributed by atoms with E-state index < -0.39 is 11.9 Å². The second kappa shape index (κ2) is 17.0. The van der Waals surface area contributed by atoms with Crippen LogP contribution in [-0.2, 0) is 41.7 Å². The van der Waals surface area contributed by atoms with E-state index in [2.05, 4.69) is 15.5 Å². The number of benzene rings is 2. The molecule has 3 N–H and O–H groups in total.